The lowest BCUT2D eigenvalue weighted by molar-refractivity contribution is 0.447. The van der Waals surface area contributed by atoms with Gasteiger partial charge in [0, 0.05) is 39.7 Å². The molecular weight excluding hydrogens is 342 g/mol. The van der Waals surface area contributed by atoms with Crippen molar-refractivity contribution in [3.8, 4) is 22.6 Å². The Morgan fingerprint density at radius 2 is 1.81 bits per heavy atom. The van der Waals surface area contributed by atoms with E-state index >= 15 is 0 Å². The van der Waals surface area contributed by atoms with Crippen LogP contribution in [0, 0.1) is 0 Å². The van der Waals surface area contributed by atoms with E-state index in [0.717, 1.165) is 51.8 Å². The first kappa shape index (κ1) is 18.7. The highest BCUT2D eigenvalue weighted by Crippen LogP contribution is 2.42. The summed E-state index contributed by atoms with van der Waals surface area (Å²) in [6.45, 7) is 6.42. The summed E-state index contributed by atoms with van der Waals surface area (Å²) in [5.41, 5.74) is 3.68. The highest BCUT2D eigenvalue weighted by molar-refractivity contribution is 7.80. The van der Waals surface area contributed by atoms with Crippen LogP contribution < -0.4 is 0 Å². The van der Waals surface area contributed by atoms with E-state index in [1.54, 1.807) is 0 Å². The lowest BCUT2D eigenvalue weighted by Crippen LogP contribution is -2.06. The third-order valence-electron chi connectivity index (χ3n) is 5.19. The van der Waals surface area contributed by atoms with Crippen molar-refractivity contribution in [2.75, 3.05) is 0 Å². The summed E-state index contributed by atoms with van der Waals surface area (Å²) in [6.07, 6.45) is 6.13. The van der Waals surface area contributed by atoms with Crippen LogP contribution in [0.5, 0.6) is 11.5 Å². The van der Waals surface area contributed by atoms with E-state index in [1.165, 1.54) is 6.07 Å². The Hall–Kier alpha value is -2.07. The summed E-state index contributed by atoms with van der Waals surface area (Å²) in [6, 6.07) is 9.88. The number of aryl methyl sites for hydroxylation is 1. The smallest absolute Gasteiger partial charge is 0.127 e. The molecule has 138 valence electrons. The van der Waals surface area contributed by atoms with E-state index < -0.39 is 0 Å². The number of thiol groups is 1. The Morgan fingerprint density at radius 1 is 1.04 bits per heavy atom. The van der Waals surface area contributed by atoms with Crippen LogP contribution in [0.4, 0.5) is 0 Å². The summed E-state index contributed by atoms with van der Waals surface area (Å²) >= 11 is 4.69. The van der Waals surface area contributed by atoms with Crippen LogP contribution in [0.3, 0.4) is 0 Å². The molecule has 1 atom stereocenters. The highest BCUT2D eigenvalue weighted by atomic mass is 32.1. The van der Waals surface area contributed by atoms with Crippen molar-refractivity contribution in [2.45, 2.75) is 57.4 Å². The van der Waals surface area contributed by atoms with E-state index in [9.17, 15) is 10.2 Å². The Morgan fingerprint density at radius 3 is 2.46 bits per heavy atom. The first-order valence-electron chi connectivity index (χ1n) is 9.39. The molecule has 0 aliphatic heterocycles. The van der Waals surface area contributed by atoms with Crippen LogP contribution in [0.25, 0.3) is 22.0 Å². The summed E-state index contributed by atoms with van der Waals surface area (Å²) < 4.78 is 2.33. The molecule has 0 saturated carbocycles. The van der Waals surface area contributed by atoms with E-state index in [0.29, 0.717) is 12.5 Å². The quantitative estimate of drug-likeness (QED) is 0.445. The predicted octanol–water partition coefficient (Wildman–Crippen LogP) is 6.32. The van der Waals surface area contributed by atoms with E-state index in [1.807, 2.05) is 25.1 Å². The molecule has 3 aromatic rings. The largest absolute Gasteiger partial charge is 0.508 e. The molecule has 0 spiro atoms. The topological polar surface area (TPSA) is 45.4 Å². The zero-order valence-electron chi connectivity index (χ0n) is 15.7. The van der Waals surface area contributed by atoms with Gasteiger partial charge in [-0.25, -0.2) is 0 Å². The van der Waals surface area contributed by atoms with Gasteiger partial charge >= 0.3 is 0 Å². The summed E-state index contributed by atoms with van der Waals surface area (Å²) in [5, 5.41) is 21.6. The lowest BCUT2D eigenvalue weighted by atomic mass is 9.99. The molecule has 26 heavy (non-hydrogen) atoms. The molecule has 1 unspecified atom stereocenters. The Bertz CT molecular complexity index is 930. The summed E-state index contributed by atoms with van der Waals surface area (Å²) in [7, 11) is 0. The average molecular weight is 370 g/mol. The monoisotopic (exact) mass is 369 g/mol. The van der Waals surface area contributed by atoms with Gasteiger partial charge in [-0.15, -0.1) is 12.6 Å². The fraction of sp³-hybridized carbons (Fsp3) is 0.364. The number of aromatic nitrogens is 1. The maximum atomic E-state index is 10.5. The molecule has 1 aromatic heterocycles. The molecule has 0 aliphatic carbocycles. The fourth-order valence-corrected chi connectivity index (χ4v) is 4.11. The van der Waals surface area contributed by atoms with Crippen molar-refractivity contribution in [3.63, 3.8) is 0 Å². The van der Waals surface area contributed by atoms with Gasteiger partial charge < -0.3 is 14.8 Å². The molecule has 0 saturated heterocycles. The number of nitrogens with zero attached hydrogens (tertiary/aromatic N) is 1. The molecular formula is C22H27NO2S. The molecule has 0 fully saturated rings. The molecule has 0 radical (unpaired) electrons. The number of rotatable bonds is 6. The van der Waals surface area contributed by atoms with Gasteiger partial charge in [-0.05, 0) is 43.0 Å². The van der Waals surface area contributed by atoms with E-state index in [4.69, 9.17) is 12.6 Å². The van der Waals surface area contributed by atoms with Crippen LogP contribution in [-0.4, -0.2) is 14.8 Å². The van der Waals surface area contributed by atoms with Crippen molar-refractivity contribution in [1.29, 1.82) is 0 Å². The van der Waals surface area contributed by atoms with Gasteiger partial charge in [0.25, 0.3) is 0 Å². The first-order chi connectivity index (χ1) is 12.5. The SMILES string of the molecule is CCCC(CC)n1cc(-c2cc(CC)c(O)cc2O)c2c(S)cccc21. The molecule has 0 amide bonds. The Kier molecular flexibility index (Phi) is 5.52. The van der Waals surface area contributed by atoms with Gasteiger partial charge in [0.05, 0.1) is 5.52 Å². The van der Waals surface area contributed by atoms with Crippen LogP contribution in [-0.2, 0) is 6.42 Å². The zero-order chi connectivity index (χ0) is 18.8. The third kappa shape index (κ3) is 3.18. The van der Waals surface area contributed by atoms with Gasteiger partial charge in [-0.1, -0.05) is 33.3 Å². The van der Waals surface area contributed by atoms with Crippen molar-refractivity contribution in [3.05, 3.63) is 42.1 Å². The van der Waals surface area contributed by atoms with Crippen molar-refractivity contribution in [2.24, 2.45) is 0 Å². The maximum absolute atomic E-state index is 10.5. The molecule has 0 bridgehead atoms. The van der Waals surface area contributed by atoms with Gasteiger partial charge in [0.1, 0.15) is 11.5 Å². The van der Waals surface area contributed by atoms with Crippen molar-refractivity contribution in [1.82, 2.24) is 4.57 Å². The minimum Gasteiger partial charge on any atom is -0.508 e. The van der Waals surface area contributed by atoms with Gasteiger partial charge in [-0.3, -0.25) is 0 Å². The second-order valence-electron chi connectivity index (χ2n) is 6.82. The number of hydrogen-bond acceptors (Lipinski definition) is 3. The predicted molar refractivity (Wildman–Crippen MR) is 112 cm³/mol. The van der Waals surface area contributed by atoms with Crippen LogP contribution >= 0.6 is 12.6 Å². The lowest BCUT2D eigenvalue weighted by Gasteiger charge is -2.17. The average Bonchev–Trinajstić information content (AvgIpc) is 3.00. The van der Waals surface area contributed by atoms with Crippen LogP contribution in [0.1, 0.15) is 51.6 Å². The minimum atomic E-state index is 0.0962. The molecule has 3 rings (SSSR count). The van der Waals surface area contributed by atoms with Crippen LogP contribution in [0.15, 0.2) is 41.4 Å². The maximum Gasteiger partial charge on any atom is 0.127 e. The number of hydrogen-bond donors (Lipinski definition) is 3. The van der Waals surface area contributed by atoms with E-state index in [-0.39, 0.29) is 11.5 Å². The zero-order valence-corrected chi connectivity index (χ0v) is 16.6. The van der Waals surface area contributed by atoms with Gasteiger partial charge in [0.15, 0.2) is 0 Å². The number of phenols is 2. The molecule has 2 aromatic carbocycles. The number of benzene rings is 2. The second-order valence-corrected chi connectivity index (χ2v) is 7.31. The van der Waals surface area contributed by atoms with Crippen LogP contribution in [0.2, 0.25) is 0 Å². The molecule has 0 aliphatic rings. The number of fused-ring (bicyclic) bond motifs is 1. The first-order valence-corrected chi connectivity index (χ1v) is 9.84. The van der Waals surface area contributed by atoms with Gasteiger partial charge in [-0.2, -0.15) is 0 Å². The van der Waals surface area contributed by atoms with E-state index in [2.05, 4.69) is 30.7 Å². The number of aromatic hydroxyl groups is 2. The fourth-order valence-electron chi connectivity index (χ4n) is 3.79. The standard InChI is InChI=1S/C22H27NO2S/c1-4-8-15(6-3)23-13-17(22-18(23)9-7-10-21(22)26)16-11-14(5-2)19(24)12-20(16)25/h7,9-13,15,24-26H,4-6,8H2,1-3H3. The Balaban J connectivity index is 2.31. The summed E-state index contributed by atoms with van der Waals surface area (Å²) in [4.78, 5) is 0.896. The van der Waals surface area contributed by atoms with Gasteiger partial charge in [0.2, 0.25) is 0 Å². The number of phenolic OH excluding ortho intramolecular Hbond substituents is 2. The molecule has 1 heterocycles. The Labute approximate surface area is 160 Å². The van der Waals surface area contributed by atoms with Crippen molar-refractivity contribution < 1.29 is 10.2 Å². The summed E-state index contributed by atoms with van der Waals surface area (Å²) in [5.74, 6) is 0.236. The molecule has 4 heteroatoms. The minimum absolute atomic E-state index is 0.0962. The third-order valence-corrected chi connectivity index (χ3v) is 5.56. The van der Waals surface area contributed by atoms with Crippen molar-refractivity contribution >= 4 is 23.5 Å². The highest BCUT2D eigenvalue weighted by Gasteiger charge is 2.20. The normalized spacial score (nSPS) is 12.6. The molecule has 3 nitrogen and oxygen atoms in total. The second kappa shape index (κ2) is 7.67. The molecule has 2 N–H and O–H groups in total.